The monoisotopic (exact) mass is 237 g/mol. The van der Waals surface area contributed by atoms with E-state index in [2.05, 4.69) is 15.3 Å². The smallest absolute Gasteiger partial charge is 0.311 e. The van der Waals surface area contributed by atoms with Crippen LogP contribution in [0.15, 0.2) is 6.07 Å². The Labute approximate surface area is 99.0 Å². The van der Waals surface area contributed by atoms with Crippen LogP contribution >= 0.6 is 0 Å². The van der Waals surface area contributed by atoms with Crippen molar-refractivity contribution in [3.05, 3.63) is 17.5 Å². The minimum Gasteiger partial charge on any atom is -0.481 e. The molecule has 0 spiro atoms. The van der Waals surface area contributed by atoms with Gasteiger partial charge < -0.3 is 15.2 Å². The Hall–Kier alpha value is -1.69. The summed E-state index contributed by atoms with van der Waals surface area (Å²) >= 11 is 0. The van der Waals surface area contributed by atoms with Crippen molar-refractivity contribution >= 4 is 11.9 Å². The molecule has 1 saturated heterocycles. The van der Waals surface area contributed by atoms with Gasteiger partial charge in [-0.15, -0.1) is 0 Å². The highest BCUT2D eigenvalue weighted by Gasteiger charge is 2.34. The maximum atomic E-state index is 11.0. The summed E-state index contributed by atoms with van der Waals surface area (Å²) in [4.78, 5) is 19.4. The standard InChI is InChI=1S/C11H15N3O3/c1-6-3-7(2)13-11(12-6)14-9-5-17-4-8(9)10(15)16/h3,8-9H,4-5H2,1-2H3,(H,15,16)(H,12,13,14). The number of carboxylic acids is 1. The zero-order valence-corrected chi connectivity index (χ0v) is 9.80. The summed E-state index contributed by atoms with van der Waals surface area (Å²) in [7, 11) is 0. The first-order chi connectivity index (χ1) is 8.06. The quantitative estimate of drug-likeness (QED) is 0.801. The molecule has 1 aromatic heterocycles. The number of hydrogen-bond acceptors (Lipinski definition) is 5. The van der Waals surface area contributed by atoms with E-state index in [9.17, 15) is 4.79 Å². The molecule has 1 aliphatic rings. The van der Waals surface area contributed by atoms with Gasteiger partial charge in [-0.05, 0) is 19.9 Å². The van der Waals surface area contributed by atoms with Crippen molar-refractivity contribution < 1.29 is 14.6 Å². The third kappa shape index (κ3) is 2.71. The second-order valence-electron chi connectivity index (χ2n) is 4.21. The molecule has 1 aromatic rings. The molecule has 2 N–H and O–H groups in total. The Morgan fingerprint density at radius 2 is 2.06 bits per heavy atom. The van der Waals surface area contributed by atoms with Crippen molar-refractivity contribution in [2.75, 3.05) is 18.5 Å². The van der Waals surface area contributed by atoms with E-state index in [0.717, 1.165) is 11.4 Å². The molecule has 0 bridgehead atoms. The number of anilines is 1. The molecule has 0 radical (unpaired) electrons. The predicted molar refractivity (Wildman–Crippen MR) is 60.9 cm³/mol. The van der Waals surface area contributed by atoms with E-state index in [0.29, 0.717) is 12.6 Å². The third-order valence-corrected chi connectivity index (χ3v) is 2.69. The molecule has 0 aliphatic carbocycles. The van der Waals surface area contributed by atoms with Crippen LogP contribution in [0.3, 0.4) is 0 Å². The number of aromatic nitrogens is 2. The number of carbonyl (C=O) groups is 1. The second kappa shape index (κ2) is 4.67. The zero-order chi connectivity index (χ0) is 12.4. The van der Waals surface area contributed by atoms with Gasteiger partial charge in [0.15, 0.2) is 0 Å². The maximum absolute atomic E-state index is 11.0. The third-order valence-electron chi connectivity index (χ3n) is 2.69. The summed E-state index contributed by atoms with van der Waals surface area (Å²) in [5.41, 5.74) is 1.71. The molecule has 0 saturated carbocycles. The van der Waals surface area contributed by atoms with Crippen LogP contribution < -0.4 is 5.32 Å². The molecular formula is C11H15N3O3. The van der Waals surface area contributed by atoms with E-state index < -0.39 is 11.9 Å². The maximum Gasteiger partial charge on any atom is 0.311 e. The van der Waals surface area contributed by atoms with Crippen LogP contribution in [0.5, 0.6) is 0 Å². The number of nitrogens with one attached hydrogen (secondary N) is 1. The molecule has 1 aliphatic heterocycles. The van der Waals surface area contributed by atoms with E-state index >= 15 is 0 Å². The van der Waals surface area contributed by atoms with Crippen molar-refractivity contribution in [3.8, 4) is 0 Å². The number of aliphatic carboxylic acids is 1. The van der Waals surface area contributed by atoms with E-state index in [1.54, 1.807) is 0 Å². The molecule has 2 unspecified atom stereocenters. The first kappa shape index (κ1) is 11.8. The van der Waals surface area contributed by atoms with Gasteiger partial charge in [0, 0.05) is 11.4 Å². The van der Waals surface area contributed by atoms with Crippen LogP contribution in [0.25, 0.3) is 0 Å². The van der Waals surface area contributed by atoms with Crippen LogP contribution in [-0.4, -0.2) is 40.3 Å². The van der Waals surface area contributed by atoms with Crippen LogP contribution in [0, 0.1) is 19.8 Å². The summed E-state index contributed by atoms with van der Waals surface area (Å²) < 4.78 is 5.16. The average Bonchev–Trinajstić information content (AvgIpc) is 2.63. The second-order valence-corrected chi connectivity index (χ2v) is 4.21. The minimum atomic E-state index is -0.857. The molecule has 92 valence electrons. The van der Waals surface area contributed by atoms with Crippen molar-refractivity contribution in [2.24, 2.45) is 5.92 Å². The summed E-state index contributed by atoms with van der Waals surface area (Å²) in [6.07, 6.45) is 0. The number of aryl methyl sites for hydroxylation is 2. The first-order valence-corrected chi connectivity index (χ1v) is 5.45. The normalized spacial score (nSPS) is 23.6. The molecule has 17 heavy (non-hydrogen) atoms. The lowest BCUT2D eigenvalue weighted by molar-refractivity contribution is -0.141. The number of hydrogen-bond donors (Lipinski definition) is 2. The Morgan fingerprint density at radius 3 is 2.65 bits per heavy atom. The Kier molecular flexibility index (Phi) is 3.23. The lowest BCUT2D eigenvalue weighted by Crippen LogP contribution is -2.33. The number of nitrogens with zero attached hydrogens (tertiary/aromatic N) is 2. The number of ether oxygens (including phenoxy) is 1. The van der Waals surface area contributed by atoms with Gasteiger partial charge in [0.2, 0.25) is 5.95 Å². The first-order valence-electron chi connectivity index (χ1n) is 5.45. The number of rotatable bonds is 3. The molecule has 2 rings (SSSR count). The molecule has 6 nitrogen and oxygen atoms in total. The fourth-order valence-electron chi connectivity index (χ4n) is 1.90. The highest BCUT2D eigenvalue weighted by atomic mass is 16.5. The van der Waals surface area contributed by atoms with Gasteiger partial charge in [-0.25, -0.2) is 9.97 Å². The van der Waals surface area contributed by atoms with E-state index in [-0.39, 0.29) is 12.6 Å². The molecule has 2 atom stereocenters. The van der Waals surface area contributed by atoms with Gasteiger partial charge >= 0.3 is 5.97 Å². The lowest BCUT2D eigenvalue weighted by Gasteiger charge is -2.15. The number of carboxylic acid groups (broad SMARTS) is 1. The van der Waals surface area contributed by atoms with Crippen LogP contribution in [0.2, 0.25) is 0 Å². The SMILES string of the molecule is Cc1cc(C)nc(NC2COCC2C(=O)O)n1. The fourth-order valence-corrected chi connectivity index (χ4v) is 1.90. The summed E-state index contributed by atoms with van der Waals surface area (Å²) in [6, 6.07) is 1.60. The topological polar surface area (TPSA) is 84.3 Å². The zero-order valence-electron chi connectivity index (χ0n) is 9.80. The van der Waals surface area contributed by atoms with Gasteiger partial charge in [-0.2, -0.15) is 0 Å². The largest absolute Gasteiger partial charge is 0.481 e. The van der Waals surface area contributed by atoms with E-state index in [4.69, 9.17) is 9.84 Å². The van der Waals surface area contributed by atoms with Crippen molar-refractivity contribution in [3.63, 3.8) is 0 Å². The molecule has 0 aromatic carbocycles. The molecule has 2 heterocycles. The Morgan fingerprint density at radius 1 is 1.41 bits per heavy atom. The molecular weight excluding hydrogens is 222 g/mol. The van der Waals surface area contributed by atoms with Gasteiger partial charge in [-0.3, -0.25) is 4.79 Å². The predicted octanol–water partition coefficient (Wildman–Crippen LogP) is 0.605. The molecule has 6 heteroatoms. The van der Waals surface area contributed by atoms with Crippen LogP contribution in [0.1, 0.15) is 11.4 Å². The summed E-state index contributed by atoms with van der Waals surface area (Å²) in [5.74, 6) is -0.937. The van der Waals surface area contributed by atoms with Crippen molar-refractivity contribution in [1.82, 2.24) is 9.97 Å². The lowest BCUT2D eigenvalue weighted by atomic mass is 10.0. The van der Waals surface area contributed by atoms with Crippen LogP contribution in [0.4, 0.5) is 5.95 Å². The van der Waals surface area contributed by atoms with E-state index in [1.807, 2.05) is 19.9 Å². The molecule has 0 amide bonds. The van der Waals surface area contributed by atoms with Crippen LogP contribution in [-0.2, 0) is 9.53 Å². The van der Waals surface area contributed by atoms with Gasteiger partial charge in [0.25, 0.3) is 0 Å². The fraction of sp³-hybridized carbons (Fsp3) is 0.545. The van der Waals surface area contributed by atoms with Gasteiger partial charge in [0.05, 0.1) is 19.3 Å². The summed E-state index contributed by atoms with van der Waals surface area (Å²) in [5, 5.41) is 12.0. The summed E-state index contributed by atoms with van der Waals surface area (Å²) in [6.45, 7) is 4.35. The highest BCUT2D eigenvalue weighted by Crippen LogP contribution is 2.17. The Balaban J connectivity index is 2.12. The van der Waals surface area contributed by atoms with E-state index in [1.165, 1.54) is 0 Å². The molecule has 1 fully saturated rings. The highest BCUT2D eigenvalue weighted by molar-refractivity contribution is 5.72. The van der Waals surface area contributed by atoms with Crippen molar-refractivity contribution in [2.45, 2.75) is 19.9 Å². The average molecular weight is 237 g/mol. The van der Waals surface area contributed by atoms with Gasteiger partial charge in [-0.1, -0.05) is 0 Å². The minimum absolute atomic E-state index is 0.234. The van der Waals surface area contributed by atoms with Crippen molar-refractivity contribution in [1.29, 1.82) is 0 Å². The Bertz CT molecular complexity index is 416. The van der Waals surface area contributed by atoms with Gasteiger partial charge in [0.1, 0.15) is 5.92 Å².